The second kappa shape index (κ2) is 8.14. The molecule has 0 amide bonds. The van der Waals surface area contributed by atoms with Crippen molar-refractivity contribution in [3.63, 3.8) is 0 Å². The van der Waals surface area contributed by atoms with E-state index < -0.39 is 0 Å². The standard InChI is InChI=1S/C27H34O4/c1-16-11-21-20(26(3,4)15-17(2)27(21,5)6)13-19(16)23(29)14-22(28)18-9-10-24(30-7)25(12-18)31-8/h9-13,17H,14-15H2,1-8H3. The molecule has 4 heteroatoms. The zero-order valence-electron chi connectivity index (χ0n) is 20.0. The highest BCUT2D eigenvalue weighted by Gasteiger charge is 2.42. The SMILES string of the molecule is COc1ccc(C(=O)CC(=O)c2cc3c(cc2C)C(C)(C)C(C)CC3(C)C)cc1OC. The van der Waals surface area contributed by atoms with E-state index in [1.165, 1.54) is 18.2 Å². The maximum atomic E-state index is 13.2. The maximum Gasteiger partial charge on any atom is 0.170 e. The van der Waals surface area contributed by atoms with Crippen LogP contribution in [-0.2, 0) is 10.8 Å². The highest BCUT2D eigenvalue weighted by atomic mass is 16.5. The molecule has 0 radical (unpaired) electrons. The highest BCUT2D eigenvalue weighted by molar-refractivity contribution is 6.14. The minimum absolute atomic E-state index is 0.0135. The molecule has 1 atom stereocenters. The van der Waals surface area contributed by atoms with Gasteiger partial charge in [-0.15, -0.1) is 0 Å². The average molecular weight is 423 g/mol. The number of methoxy groups -OCH3 is 2. The van der Waals surface area contributed by atoms with E-state index in [0.717, 1.165) is 12.0 Å². The van der Waals surface area contributed by atoms with E-state index >= 15 is 0 Å². The molecule has 166 valence electrons. The summed E-state index contributed by atoms with van der Waals surface area (Å²) in [5.41, 5.74) is 4.59. The number of ketones is 2. The third-order valence-electron chi connectivity index (χ3n) is 7.16. The van der Waals surface area contributed by atoms with Crippen molar-refractivity contribution in [3.8, 4) is 11.5 Å². The highest BCUT2D eigenvalue weighted by Crippen LogP contribution is 2.49. The van der Waals surface area contributed by atoms with E-state index in [-0.39, 0.29) is 28.8 Å². The van der Waals surface area contributed by atoms with Crippen molar-refractivity contribution in [3.05, 3.63) is 58.1 Å². The first-order chi connectivity index (χ1) is 14.4. The lowest BCUT2D eigenvalue weighted by molar-refractivity contribution is 0.0893. The number of hydrogen-bond donors (Lipinski definition) is 0. The van der Waals surface area contributed by atoms with Crippen LogP contribution < -0.4 is 9.47 Å². The van der Waals surface area contributed by atoms with Gasteiger partial charge in [-0.25, -0.2) is 0 Å². The Balaban J connectivity index is 1.94. The quantitative estimate of drug-likeness (QED) is 0.419. The van der Waals surface area contributed by atoms with Crippen LogP contribution in [0.1, 0.15) is 84.9 Å². The van der Waals surface area contributed by atoms with Crippen molar-refractivity contribution >= 4 is 11.6 Å². The maximum absolute atomic E-state index is 13.2. The summed E-state index contributed by atoms with van der Waals surface area (Å²) in [6.07, 6.45) is 0.892. The van der Waals surface area contributed by atoms with Gasteiger partial charge in [-0.1, -0.05) is 40.7 Å². The van der Waals surface area contributed by atoms with Gasteiger partial charge in [-0.2, -0.15) is 0 Å². The van der Waals surface area contributed by atoms with E-state index in [1.54, 1.807) is 25.3 Å². The minimum Gasteiger partial charge on any atom is -0.493 e. The molecule has 0 aromatic heterocycles. The van der Waals surface area contributed by atoms with Crippen LogP contribution in [0.3, 0.4) is 0 Å². The molecule has 2 aromatic carbocycles. The largest absolute Gasteiger partial charge is 0.493 e. The van der Waals surface area contributed by atoms with E-state index in [9.17, 15) is 9.59 Å². The summed E-state index contributed by atoms with van der Waals surface area (Å²) < 4.78 is 10.5. The molecule has 0 saturated heterocycles. The minimum atomic E-state index is -0.226. The van der Waals surface area contributed by atoms with Crippen LogP contribution in [0, 0.1) is 12.8 Å². The summed E-state index contributed by atoms with van der Waals surface area (Å²) in [4.78, 5) is 26.0. The van der Waals surface area contributed by atoms with Crippen molar-refractivity contribution in [1.82, 2.24) is 0 Å². The fraction of sp³-hybridized carbons (Fsp3) is 0.481. The number of rotatable bonds is 6. The fourth-order valence-corrected chi connectivity index (χ4v) is 4.85. The Morgan fingerprint density at radius 2 is 1.58 bits per heavy atom. The van der Waals surface area contributed by atoms with Gasteiger partial charge in [0.05, 0.1) is 20.6 Å². The number of carbonyl (C=O) groups excluding carboxylic acids is 2. The van der Waals surface area contributed by atoms with Crippen molar-refractivity contribution in [1.29, 1.82) is 0 Å². The molecule has 0 spiro atoms. The van der Waals surface area contributed by atoms with Crippen LogP contribution in [0.2, 0.25) is 0 Å². The zero-order valence-corrected chi connectivity index (χ0v) is 20.0. The van der Waals surface area contributed by atoms with E-state index in [4.69, 9.17) is 9.47 Å². The van der Waals surface area contributed by atoms with Gasteiger partial charge in [-0.05, 0) is 71.0 Å². The molecular weight excluding hydrogens is 388 g/mol. The van der Waals surface area contributed by atoms with Gasteiger partial charge in [0.25, 0.3) is 0 Å². The first-order valence-electron chi connectivity index (χ1n) is 10.9. The summed E-state index contributed by atoms with van der Waals surface area (Å²) >= 11 is 0. The molecule has 0 saturated carbocycles. The second-order valence-corrected chi connectivity index (χ2v) is 10.0. The van der Waals surface area contributed by atoms with Crippen molar-refractivity contribution < 1.29 is 19.1 Å². The molecule has 1 unspecified atom stereocenters. The van der Waals surface area contributed by atoms with E-state index in [0.29, 0.717) is 28.5 Å². The number of hydrogen-bond acceptors (Lipinski definition) is 4. The van der Waals surface area contributed by atoms with Crippen LogP contribution in [0.4, 0.5) is 0 Å². The summed E-state index contributed by atoms with van der Waals surface area (Å²) in [7, 11) is 3.07. The predicted octanol–water partition coefficient (Wildman–Crippen LogP) is 6.06. The molecule has 0 N–H and O–H groups in total. The number of ether oxygens (including phenoxy) is 2. The van der Waals surface area contributed by atoms with E-state index in [2.05, 4.69) is 40.7 Å². The summed E-state index contributed by atoms with van der Waals surface area (Å²) in [5.74, 6) is 1.20. The Bertz CT molecular complexity index is 1030. The monoisotopic (exact) mass is 422 g/mol. The Labute approximate surface area is 186 Å². The van der Waals surface area contributed by atoms with Crippen molar-refractivity contribution in [2.45, 2.75) is 65.2 Å². The predicted molar refractivity (Wildman–Crippen MR) is 124 cm³/mol. The Hall–Kier alpha value is -2.62. The number of benzene rings is 2. The topological polar surface area (TPSA) is 52.6 Å². The Morgan fingerprint density at radius 1 is 0.935 bits per heavy atom. The summed E-state index contributed by atoms with van der Waals surface area (Å²) in [6, 6.07) is 9.20. The molecule has 1 aliphatic carbocycles. The van der Waals surface area contributed by atoms with Crippen LogP contribution in [0.5, 0.6) is 11.5 Å². The van der Waals surface area contributed by atoms with Gasteiger partial charge in [0.1, 0.15) is 0 Å². The van der Waals surface area contributed by atoms with Crippen molar-refractivity contribution in [2.24, 2.45) is 5.92 Å². The number of aryl methyl sites for hydroxylation is 1. The smallest absolute Gasteiger partial charge is 0.170 e. The van der Waals surface area contributed by atoms with Crippen molar-refractivity contribution in [2.75, 3.05) is 14.2 Å². The van der Waals surface area contributed by atoms with Gasteiger partial charge in [0.15, 0.2) is 23.1 Å². The van der Waals surface area contributed by atoms with Crippen LogP contribution in [0.15, 0.2) is 30.3 Å². The Morgan fingerprint density at radius 3 is 2.19 bits per heavy atom. The molecule has 2 aromatic rings. The third kappa shape index (κ3) is 4.13. The lowest BCUT2D eigenvalue weighted by atomic mass is 9.58. The van der Waals surface area contributed by atoms with Crippen LogP contribution >= 0.6 is 0 Å². The molecule has 0 bridgehead atoms. The third-order valence-corrected chi connectivity index (χ3v) is 7.16. The van der Waals surface area contributed by atoms with Gasteiger partial charge >= 0.3 is 0 Å². The Kier molecular flexibility index (Phi) is 6.05. The number of carbonyl (C=O) groups is 2. The molecule has 3 rings (SSSR count). The second-order valence-electron chi connectivity index (χ2n) is 10.0. The van der Waals surface area contributed by atoms with Crippen LogP contribution in [0.25, 0.3) is 0 Å². The molecule has 4 nitrogen and oxygen atoms in total. The first kappa shape index (κ1) is 23.1. The molecule has 0 heterocycles. The summed E-state index contributed by atoms with van der Waals surface area (Å²) in [5, 5.41) is 0. The van der Waals surface area contributed by atoms with Gasteiger partial charge < -0.3 is 9.47 Å². The van der Waals surface area contributed by atoms with Gasteiger partial charge in [0.2, 0.25) is 0 Å². The first-order valence-corrected chi connectivity index (χ1v) is 10.9. The van der Waals surface area contributed by atoms with Gasteiger partial charge in [0, 0.05) is 11.1 Å². The van der Waals surface area contributed by atoms with Crippen LogP contribution in [-0.4, -0.2) is 25.8 Å². The molecular formula is C27H34O4. The van der Waals surface area contributed by atoms with Gasteiger partial charge in [-0.3, -0.25) is 9.59 Å². The number of fused-ring (bicyclic) bond motifs is 1. The molecule has 1 aliphatic rings. The lowest BCUT2D eigenvalue weighted by Gasteiger charge is -2.47. The fourth-order valence-electron chi connectivity index (χ4n) is 4.85. The summed E-state index contributed by atoms with van der Waals surface area (Å²) in [6.45, 7) is 13.3. The zero-order chi connectivity index (χ0) is 23.1. The molecule has 0 aliphatic heterocycles. The van der Waals surface area contributed by atoms with E-state index in [1.807, 2.05) is 13.0 Å². The lowest BCUT2D eigenvalue weighted by Crippen LogP contribution is -2.40. The number of Topliss-reactive ketones (excluding diaryl/α,β-unsaturated/α-hetero) is 2. The molecule has 31 heavy (non-hydrogen) atoms. The normalized spacial score (nSPS) is 18.8. The molecule has 0 fully saturated rings. The average Bonchev–Trinajstić information content (AvgIpc) is 2.71.